The molecule has 0 aliphatic carbocycles. The van der Waals surface area contributed by atoms with Crippen LogP contribution in [-0.2, 0) is 0 Å². The molecule has 3 heterocycles. The van der Waals surface area contributed by atoms with Gasteiger partial charge in [-0.3, -0.25) is 4.79 Å². The Balaban J connectivity index is 1.29. The van der Waals surface area contributed by atoms with Gasteiger partial charge in [-0.15, -0.1) is 0 Å². The van der Waals surface area contributed by atoms with Crippen LogP contribution in [0.2, 0.25) is 0 Å². The molecule has 1 aromatic heterocycles. The maximum Gasteiger partial charge on any atom is 0.251 e. The van der Waals surface area contributed by atoms with Crippen LogP contribution in [0, 0.1) is 0 Å². The average molecular weight is 394 g/mol. The van der Waals surface area contributed by atoms with Crippen LogP contribution >= 0.6 is 0 Å². The van der Waals surface area contributed by atoms with E-state index in [1.165, 1.54) is 45.2 Å². The molecule has 4 rings (SSSR count). The van der Waals surface area contributed by atoms with Crippen molar-refractivity contribution in [3.63, 3.8) is 0 Å². The highest BCUT2D eigenvalue weighted by Crippen LogP contribution is 2.21. The number of carbonyl (C=O) groups excluding carboxylic acids is 1. The van der Waals surface area contributed by atoms with Gasteiger partial charge in [-0.1, -0.05) is 18.6 Å². The van der Waals surface area contributed by atoms with Crippen molar-refractivity contribution >= 4 is 11.9 Å². The Labute approximate surface area is 173 Å². The lowest BCUT2D eigenvalue weighted by Gasteiger charge is -2.26. The lowest BCUT2D eigenvalue weighted by Crippen LogP contribution is -2.33. The van der Waals surface area contributed by atoms with E-state index >= 15 is 0 Å². The second kappa shape index (κ2) is 9.83. The van der Waals surface area contributed by atoms with Gasteiger partial charge in [0.1, 0.15) is 0 Å². The number of hydrogen-bond donors (Lipinski definition) is 1. The summed E-state index contributed by atoms with van der Waals surface area (Å²) in [7, 11) is 0. The molecule has 154 valence electrons. The average Bonchev–Trinajstić information content (AvgIpc) is 3.33. The Kier molecular flexibility index (Phi) is 6.72. The van der Waals surface area contributed by atoms with Gasteiger partial charge in [-0.05, 0) is 69.9 Å². The number of rotatable bonds is 7. The van der Waals surface area contributed by atoms with Crippen molar-refractivity contribution in [2.24, 2.45) is 0 Å². The predicted molar refractivity (Wildman–Crippen MR) is 116 cm³/mol. The van der Waals surface area contributed by atoms with Gasteiger partial charge in [-0.25, -0.2) is 9.97 Å². The summed E-state index contributed by atoms with van der Waals surface area (Å²) >= 11 is 0. The molecule has 0 unspecified atom stereocenters. The van der Waals surface area contributed by atoms with E-state index in [9.17, 15) is 4.79 Å². The lowest BCUT2D eigenvalue weighted by molar-refractivity contribution is 0.0951. The first-order valence-electron chi connectivity index (χ1n) is 11.0. The number of amides is 1. The number of hydrogen-bond acceptors (Lipinski definition) is 5. The molecule has 2 aliphatic heterocycles. The molecule has 0 spiro atoms. The molecular formula is C23H31N5O. The Morgan fingerprint density at radius 2 is 1.66 bits per heavy atom. The zero-order valence-electron chi connectivity index (χ0n) is 17.1. The monoisotopic (exact) mass is 393 g/mol. The minimum Gasteiger partial charge on any atom is -0.352 e. The summed E-state index contributed by atoms with van der Waals surface area (Å²) in [6, 6.07) is 9.63. The number of nitrogens with one attached hydrogen (secondary N) is 1. The SMILES string of the molecule is O=C(NCCCN1CCCCC1)c1ccc(-c2ccnc(N3CCCC3)n2)cc1. The van der Waals surface area contributed by atoms with E-state index in [0.29, 0.717) is 5.56 Å². The fraction of sp³-hybridized carbons (Fsp3) is 0.522. The van der Waals surface area contributed by atoms with E-state index in [4.69, 9.17) is 4.98 Å². The second-order valence-electron chi connectivity index (χ2n) is 8.03. The molecule has 6 heteroatoms. The number of likely N-dealkylation sites (tertiary alicyclic amines) is 1. The molecule has 1 amide bonds. The van der Waals surface area contributed by atoms with Gasteiger partial charge in [0, 0.05) is 37.0 Å². The molecular weight excluding hydrogens is 362 g/mol. The highest BCUT2D eigenvalue weighted by Gasteiger charge is 2.15. The van der Waals surface area contributed by atoms with Crippen LogP contribution in [0.1, 0.15) is 48.9 Å². The summed E-state index contributed by atoms with van der Waals surface area (Å²) < 4.78 is 0. The smallest absolute Gasteiger partial charge is 0.251 e. The zero-order valence-corrected chi connectivity index (χ0v) is 17.1. The van der Waals surface area contributed by atoms with Crippen molar-refractivity contribution in [2.45, 2.75) is 38.5 Å². The van der Waals surface area contributed by atoms with E-state index in [1.54, 1.807) is 0 Å². The van der Waals surface area contributed by atoms with Crippen molar-refractivity contribution in [1.82, 2.24) is 20.2 Å². The molecule has 2 aliphatic rings. The third-order valence-corrected chi connectivity index (χ3v) is 5.86. The van der Waals surface area contributed by atoms with Crippen molar-refractivity contribution < 1.29 is 4.79 Å². The van der Waals surface area contributed by atoms with Gasteiger partial charge in [0.2, 0.25) is 5.95 Å². The quantitative estimate of drug-likeness (QED) is 0.731. The highest BCUT2D eigenvalue weighted by atomic mass is 16.1. The fourth-order valence-electron chi connectivity index (χ4n) is 4.16. The zero-order chi connectivity index (χ0) is 19.9. The van der Waals surface area contributed by atoms with E-state index < -0.39 is 0 Å². The number of anilines is 1. The van der Waals surface area contributed by atoms with Crippen LogP contribution in [0.4, 0.5) is 5.95 Å². The molecule has 1 aromatic carbocycles. The summed E-state index contributed by atoms with van der Waals surface area (Å²) in [6.45, 7) is 6.27. The largest absolute Gasteiger partial charge is 0.352 e. The standard InChI is InChI=1S/C23H31N5O/c29-22(24-12-6-16-27-14-2-1-3-15-27)20-9-7-19(8-10-20)21-11-13-25-23(26-21)28-17-4-5-18-28/h7-11,13H,1-6,12,14-18H2,(H,24,29). The fourth-order valence-corrected chi connectivity index (χ4v) is 4.16. The summed E-state index contributed by atoms with van der Waals surface area (Å²) in [5.74, 6) is 0.797. The number of carbonyl (C=O) groups is 1. The molecule has 0 radical (unpaired) electrons. The molecule has 6 nitrogen and oxygen atoms in total. The number of aromatic nitrogens is 2. The van der Waals surface area contributed by atoms with E-state index in [2.05, 4.69) is 20.1 Å². The third-order valence-electron chi connectivity index (χ3n) is 5.86. The minimum atomic E-state index is -0.00404. The van der Waals surface area contributed by atoms with E-state index in [0.717, 1.165) is 49.8 Å². The summed E-state index contributed by atoms with van der Waals surface area (Å²) in [6.07, 6.45) is 9.21. The van der Waals surface area contributed by atoms with Crippen LogP contribution in [0.3, 0.4) is 0 Å². The van der Waals surface area contributed by atoms with Gasteiger partial charge < -0.3 is 15.1 Å². The van der Waals surface area contributed by atoms with E-state index in [1.807, 2.05) is 36.5 Å². The van der Waals surface area contributed by atoms with Gasteiger partial charge in [0.05, 0.1) is 5.69 Å². The number of piperidine rings is 1. The third kappa shape index (κ3) is 5.32. The predicted octanol–water partition coefficient (Wildman–Crippen LogP) is 3.35. The molecule has 1 N–H and O–H groups in total. The Morgan fingerprint density at radius 1 is 0.931 bits per heavy atom. The first-order valence-corrected chi connectivity index (χ1v) is 11.0. The van der Waals surface area contributed by atoms with Crippen molar-refractivity contribution in [1.29, 1.82) is 0 Å². The lowest BCUT2D eigenvalue weighted by atomic mass is 10.1. The van der Waals surface area contributed by atoms with Crippen LogP contribution in [0.15, 0.2) is 36.5 Å². The second-order valence-corrected chi connectivity index (χ2v) is 8.03. The first kappa shape index (κ1) is 19.8. The first-order chi connectivity index (χ1) is 14.3. The van der Waals surface area contributed by atoms with Crippen LogP contribution in [0.5, 0.6) is 0 Å². The van der Waals surface area contributed by atoms with Crippen molar-refractivity contribution in [2.75, 3.05) is 44.2 Å². The molecule has 2 saturated heterocycles. The summed E-state index contributed by atoms with van der Waals surface area (Å²) in [4.78, 5) is 26.3. The normalized spacial score (nSPS) is 17.4. The molecule has 2 aromatic rings. The molecule has 0 atom stereocenters. The number of benzene rings is 1. The summed E-state index contributed by atoms with van der Waals surface area (Å²) in [5, 5.41) is 3.05. The van der Waals surface area contributed by atoms with Gasteiger partial charge in [-0.2, -0.15) is 0 Å². The summed E-state index contributed by atoms with van der Waals surface area (Å²) in [5.41, 5.74) is 2.60. The molecule has 0 saturated carbocycles. The minimum absolute atomic E-state index is 0.00404. The molecule has 2 fully saturated rings. The number of nitrogens with zero attached hydrogens (tertiary/aromatic N) is 4. The van der Waals surface area contributed by atoms with Crippen LogP contribution < -0.4 is 10.2 Å². The Morgan fingerprint density at radius 3 is 2.41 bits per heavy atom. The van der Waals surface area contributed by atoms with Gasteiger partial charge in [0.15, 0.2) is 0 Å². The maximum atomic E-state index is 12.4. The Bertz CT molecular complexity index is 795. The van der Waals surface area contributed by atoms with Crippen LogP contribution in [0.25, 0.3) is 11.3 Å². The van der Waals surface area contributed by atoms with Crippen LogP contribution in [-0.4, -0.2) is 60.0 Å². The van der Waals surface area contributed by atoms with E-state index in [-0.39, 0.29) is 5.91 Å². The Hall–Kier alpha value is -2.47. The topological polar surface area (TPSA) is 61.4 Å². The molecule has 0 bridgehead atoms. The van der Waals surface area contributed by atoms with Gasteiger partial charge in [0.25, 0.3) is 5.91 Å². The maximum absolute atomic E-state index is 12.4. The van der Waals surface area contributed by atoms with Crippen molar-refractivity contribution in [3.8, 4) is 11.3 Å². The van der Waals surface area contributed by atoms with Crippen molar-refractivity contribution in [3.05, 3.63) is 42.1 Å². The molecule has 29 heavy (non-hydrogen) atoms. The van der Waals surface area contributed by atoms with Gasteiger partial charge >= 0.3 is 0 Å². The highest BCUT2D eigenvalue weighted by molar-refractivity contribution is 5.94.